The maximum Gasteiger partial charge on any atom is 0.219 e. The van der Waals surface area contributed by atoms with Crippen LogP contribution >= 0.6 is 0 Å². The van der Waals surface area contributed by atoms with E-state index in [4.69, 9.17) is 4.74 Å². The van der Waals surface area contributed by atoms with Gasteiger partial charge in [-0.25, -0.2) is 4.99 Å². The number of nitrogens with zero attached hydrogens (tertiary/aromatic N) is 6. The van der Waals surface area contributed by atoms with Crippen molar-refractivity contribution in [3.05, 3.63) is 48.0 Å². The fourth-order valence-corrected chi connectivity index (χ4v) is 3.37. The molecule has 0 amide bonds. The van der Waals surface area contributed by atoms with E-state index in [0.717, 1.165) is 57.3 Å². The Bertz CT molecular complexity index is 720. The van der Waals surface area contributed by atoms with E-state index >= 15 is 0 Å². The molecular weight excluding hydrogens is 316 g/mol. The highest BCUT2D eigenvalue weighted by Gasteiger charge is 2.26. The molecule has 1 atom stereocenters. The third-order valence-corrected chi connectivity index (χ3v) is 4.75. The van der Waals surface area contributed by atoms with E-state index in [1.807, 2.05) is 25.6 Å². The number of aromatic nitrogens is 3. The molecular formula is C18H24N6O. The zero-order chi connectivity index (χ0) is 17.1. The third-order valence-electron chi connectivity index (χ3n) is 4.75. The van der Waals surface area contributed by atoms with Gasteiger partial charge in [-0.3, -0.25) is 19.5 Å². The first kappa shape index (κ1) is 16.2. The summed E-state index contributed by atoms with van der Waals surface area (Å²) in [5.74, 6) is 0.731. The van der Waals surface area contributed by atoms with Crippen molar-refractivity contribution < 1.29 is 4.74 Å². The molecule has 4 rings (SSSR count). The molecule has 0 radical (unpaired) electrons. The minimum absolute atomic E-state index is 0.155. The van der Waals surface area contributed by atoms with Gasteiger partial charge in [0.1, 0.15) is 6.10 Å². The van der Waals surface area contributed by atoms with Crippen LogP contribution in [0.25, 0.3) is 0 Å². The lowest BCUT2D eigenvalue weighted by Gasteiger charge is -2.35. The maximum absolute atomic E-state index is 6.02. The normalized spacial score (nSPS) is 22.0. The van der Waals surface area contributed by atoms with Gasteiger partial charge in [0, 0.05) is 64.9 Å². The zero-order valence-corrected chi connectivity index (χ0v) is 14.6. The average Bonchev–Trinajstić information content (AvgIpc) is 3.27. The number of rotatable bonds is 5. The average molecular weight is 340 g/mol. The number of pyridine rings is 1. The molecule has 1 saturated heterocycles. The van der Waals surface area contributed by atoms with E-state index in [1.54, 1.807) is 10.9 Å². The predicted molar refractivity (Wildman–Crippen MR) is 95.4 cm³/mol. The molecule has 0 saturated carbocycles. The topological polar surface area (TPSA) is 58.8 Å². The van der Waals surface area contributed by atoms with Gasteiger partial charge in [-0.15, -0.1) is 0 Å². The highest BCUT2D eigenvalue weighted by atomic mass is 16.5. The molecule has 0 aromatic carbocycles. The van der Waals surface area contributed by atoms with E-state index in [9.17, 15) is 0 Å². The molecule has 0 N–H and O–H groups in total. The molecule has 132 valence electrons. The maximum atomic E-state index is 6.02. The SMILES string of the molecule is Cn1cc(C2=NCC(CN3CCN(Cc4ccncc4)CC3)O2)cn1. The van der Waals surface area contributed by atoms with Crippen molar-refractivity contribution in [2.45, 2.75) is 12.6 Å². The molecule has 0 aliphatic carbocycles. The lowest BCUT2D eigenvalue weighted by atomic mass is 10.2. The number of hydrogen-bond donors (Lipinski definition) is 0. The molecule has 2 aliphatic rings. The first-order valence-electron chi connectivity index (χ1n) is 8.80. The second kappa shape index (κ2) is 7.33. The Morgan fingerprint density at radius 3 is 2.60 bits per heavy atom. The molecule has 7 heteroatoms. The van der Waals surface area contributed by atoms with Crippen molar-refractivity contribution in [3.8, 4) is 0 Å². The molecule has 2 aromatic heterocycles. The molecule has 4 heterocycles. The van der Waals surface area contributed by atoms with Crippen LogP contribution in [0.3, 0.4) is 0 Å². The van der Waals surface area contributed by atoms with Gasteiger partial charge in [0.25, 0.3) is 0 Å². The van der Waals surface area contributed by atoms with E-state index in [0.29, 0.717) is 0 Å². The van der Waals surface area contributed by atoms with Crippen molar-refractivity contribution in [2.24, 2.45) is 12.0 Å². The Labute approximate surface area is 147 Å². The summed E-state index contributed by atoms with van der Waals surface area (Å²) < 4.78 is 7.79. The van der Waals surface area contributed by atoms with Crippen LogP contribution < -0.4 is 0 Å². The lowest BCUT2D eigenvalue weighted by molar-refractivity contribution is 0.0872. The summed E-state index contributed by atoms with van der Waals surface area (Å²) in [5, 5.41) is 4.18. The quantitative estimate of drug-likeness (QED) is 0.805. The van der Waals surface area contributed by atoms with Crippen LogP contribution in [0, 0.1) is 0 Å². The van der Waals surface area contributed by atoms with Crippen molar-refractivity contribution in [1.29, 1.82) is 0 Å². The van der Waals surface area contributed by atoms with E-state index in [2.05, 4.69) is 37.0 Å². The molecule has 25 heavy (non-hydrogen) atoms. The van der Waals surface area contributed by atoms with Crippen molar-refractivity contribution >= 4 is 5.90 Å². The predicted octanol–water partition coefficient (Wildman–Crippen LogP) is 0.778. The Morgan fingerprint density at radius 1 is 1.12 bits per heavy atom. The Balaban J connectivity index is 1.22. The lowest BCUT2D eigenvalue weighted by Crippen LogP contribution is -2.48. The number of piperazine rings is 1. The van der Waals surface area contributed by atoms with Crippen LogP contribution in [0.4, 0.5) is 0 Å². The number of aliphatic imine (C=N–C) groups is 1. The van der Waals surface area contributed by atoms with Gasteiger partial charge < -0.3 is 4.74 Å². The van der Waals surface area contributed by atoms with Crippen LogP contribution in [0.15, 0.2) is 41.9 Å². The van der Waals surface area contributed by atoms with Gasteiger partial charge in [-0.05, 0) is 17.7 Å². The van der Waals surface area contributed by atoms with E-state index in [-0.39, 0.29) is 6.10 Å². The monoisotopic (exact) mass is 340 g/mol. The molecule has 7 nitrogen and oxygen atoms in total. The number of ether oxygens (including phenoxy) is 1. The fraction of sp³-hybridized carbons (Fsp3) is 0.500. The first-order chi connectivity index (χ1) is 12.3. The highest BCUT2D eigenvalue weighted by Crippen LogP contribution is 2.14. The van der Waals surface area contributed by atoms with Gasteiger partial charge in [-0.1, -0.05) is 0 Å². The van der Waals surface area contributed by atoms with Crippen LogP contribution in [-0.4, -0.2) is 75.8 Å². The smallest absolute Gasteiger partial charge is 0.219 e. The van der Waals surface area contributed by atoms with Crippen LogP contribution in [0.1, 0.15) is 11.1 Å². The summed E-state index contributed by atoms with van der Waals surface area (Å²) in [7, 11) is 1.90. The second-order valence-electron chi connectivity index (χ2n) is 6.72. The summed E-state index contributed by atoms with van der Waals surface area (Å²) in [6, 6.07) is 4.19. The zero-order valence-electron chi connectivity index (χ0n) is 14.6. The van der Waals surface area contributed by atoms with Gasteiger partial charge in [0.2, 0.25) is 5.90 Å². The molecule has 1 fully saturated rings. The van der Waals surface area contributed by atoms with Crippen LogP contribution in [0.2, 0.25) is 0 Å². The summed E-state index contributed by atoms with van der Waals surface area (Å²) in [6.07, 6.45) is 7.63. The Kier molecular flexibility index (Phi) is 4.76. The van der Waals surface area contributed by atoms with Crippen molar-refractivity contribution in [2.75, 3.05) is 39.3 Å². The van der Waals surface area contributed by atoms with Crippen LogP contribution in [-0.2, 0) is 18.3 Å². The van der Waals surface area contributed by atoms with Gasteiger partial charge in [0.05, 0.1) is 18.3 Å². The summed E-state index contributed by atoms with van der Waals surface area (Å²) in [5.41, 5.74) is 2.30. The minimum Gasteiger partial charge on any atom is -0.471 e. The Morgan fingerprint density at radius 2 is 1.88 bits per heavy atom. The largest absolute Gasteiger partial charge is 0.471 e. The number of hydrogen-bond acceptors (Lipinski definition) is 6. The van der Waals surface area contributed by atoms with Crippen molar-refractivity contribution in [1.82, 2.24) is 24.6 Å². The van der Waals surface area contributed by atoms with E-state index in [1.165, 1.54) is 5.56 Å². The molecule has 2 aliphatic heterocycles. The molecule has 0 spiro atoms. The van der Waals surface area contributed by atoms with E-state index < -0.39 is 0 Å². The van der Waals surface area contributed by atoms with Gasteiger partial charge in [-0.2, -0.15) is 5.10 Å². The minimum atomic E-state index is 0.155. The standard InChI is InChI=1S/C18H24N6O/c1-22-13-16(10-21-22)18-20-11-17(25-18)14-24-8-6-23(7-9-24)12-15-2-4-19-5-3-15/h2-5,10,13,17H,6-9,11-12,14H2,1H3. The fourth-order valence-electron chi connectivity index (χ4n) is 3.37. The summed E-state index contributed by atoms with van der Waals surface area (Å²) in [4.78, 5) is 13.6. The second-order valence-corrected chi connectivity index (χ2v) is 6.72. The molecule has 0 bridgehead atoms. The molecule has 1 unspecified atom stereocenters. The van der Waals surface area contributed by atoms with Gasteiger partial charge in [0.15, 0.2) is 0 Å². The third kappa shape index (κ3) is 4.05. The highest BCUT2D eigenvalue weighted by molar-refractivity contribution is 5.94. The number of aryl methyl sites for hydroxylation is 1. The first-order valence-corrected chi connectivity index (χ1v) is 8.80. The van der Waals surface area contributed by atoms with Crippen LogP contribution in [0.5, 0.6) is 0 Å². The Hall–Kier alpha value is -2.25. The van der Waals surface area contributed by atoms with Gasteiger partial charge >= 0.3 is 0 Å². The molecule has 2 aromatic rings. The summed E-state index contributed by atoms with van der Waals surface area (Å²) >= 11 is 0. The van der Waals surface area contributed by atoms with Crippen molar-refractivity contribution in [3.63, 3.8) is 0 Å². The summed E-state index contributed by atoms with van der Waals surface area (Å²) in [6.45, 7) is 7.01.